The Morgan fingerprint density at radius 1 is 1.03 bits per heavy atom. The van der Waals surface area contributed by atoms with Gasteiger partial charge in [-0.1, -0.05) is 77.7 Å². The zero-order valence-corrected chi connectivity index (χ0v) is 22.2. The smallest absolute Gasteiger partial charge is 0.174 e. The van der Waals surface area contributed by atoms with Gasteiger partial charge in [0.15, 0.2) is 11.6 Å². The number of thiocarbonyl (C=S) groups is 1. The number of anilines is 1. The zero-order valence-electron chi connectivity index (χ0n) is 20.6. The largest absolute Gasteiger partial charge is 0.748 e. The molecule has 2 unspecified atom stereocenters. The fraction of sp³-hybridized carbons (Fsp3) is 0.464. The third-order valence-corrected chi connectivity index (χ3v) is 8.23. The number of carbonyl (C=O) groups excluding carboxylic acids is 2. The van der Waals surface area contributed by atoms with Gasteiger partial charge in [-0.15, -0.1) is 0 Å². The topological polar surface area (TPSA) is 94.6 Å². The van der Waals surface area contributed by atoms with Gasteiger partial charge in [-0.25, -0.2) is 8.42 Å². The van der Waals surface area contributed by atoms with Gasteiger partial charge in [0.2, 0.25) is 0 Å². The first kappa shape index (κ1) is 29.8. The van der Waals surface area contributed by atoms with E-state index in [1.54, 1.807) is 18.2 Å². The lowest BCUT2D eigenvalue weighted by Gasteiger charge is -2.28. The van der Waals surface area contributed by atoms with E-state index in [0.717, 1.165) is 16.9 Å². The van der Waals surface area contributed by atoms with Gasteiger partial charge in [0.05, 0.1) is 27.5 Å². The number of ketones is 2. The lowest BCUT2D eigenvalue weighted by molar-refractivity contribution is -0.125. The molecular formula is C28H36NO5S2-. The van der Waals surface area contributed by atoms with Crippen LogP contribution in [0.2, 0.25) is 0 Å². The van der Waals surface area contributed by atoms with Crippen LogP contribution >= 0.6 is 12.2 Å². The number of benzene rings is 1. The summed E-state index contributed by atoms with van der Waals surface area (Å²) < 4.78 is 33.3. The van der Waals surface area contributed by atoms with E-state index in [1.165, 1.54) is 0 Å². The molecular weight excluding hydrogens is 494 g/mol. The predicted molar refractivity (Wildman–Crippen MR) is 148 cm³/mol. The molecule has 0 bridgehead atoms. The average Bonchev–Trinajstić information content (AvgIpc) is 2.99. The summed E-state index contributed by atoms with van der Waals surface area (Å²) in [5.41, 5.74) is 2.86. The van der Waals surface area contributed by atoms with E-state index < -0.39 is 27.7 Å². The van der Waals surface area contributed by atoms with Crippen molar-refractivity contribution < 1.29 is 22.6 Å². The molecule has 1 fully saturated rings. The third kappa shape index (κ3) is 5.93. The van der Waals surface area contributed by atoms with Crippen molar-refractivity contribution in [1.82, 2.24) is 0 Å². The monoisotopic (exact) mass is 530 g/mol. The summed E-state index contributed by atoms with van der Waals surface area (Å²) in [4.78, 5) is 28.4. The van der Waals surface area contributed by atoms with Crippen molar-refractivity contribution in [1.29, 1.82) is 0 Å². The van der Waals surface area contributed by atoms with Crippen molar-refractivity contribution in [2.24, 2.45) is 11.8 Å². The van der Waals surface area contributed by atoms with E-state index in [9.17, 15) is 22.6 Å². The minimum Gasteiger partial charge on any atom is -0.748 e. The number of hydrogen-bond donors (Lipinski definition) is 0. The van der Waals surface area contributed by atoms with Gasteiger partial charge in [0, 0.05) is 34.0 Å². The second kappa shape index (κ2) is 11.8. The second-order valence-corrected chi connectivity index (χ2v) is 11.5. The molecule has 2 aliphatic rings. The van der Waals surface area contributed by atoms with Crippen molar-refractivity contribution in [3.63, 3.8) is 0 Å². The molecule has 1 saturated carbocycles. The van der Waals surface area contributed by atoms with Crippen LogP contribution in [0.1, 0.15) is 59.9 Å². The molecule has 0 saturated heterocycles. The summed E-state index contributed by atoms with van der Waals surface area (Å²) in [6.45, 7) is 8.36. The van der Waals surface area contributed by atoms with Gasteiger partial charge < -0.3 is 9.45 Å². The maximum absolute atomic E-state index is 12.9. The summed E-state index contributed by atoms with van der Waals surface area (Å²) in [5, 5.41) is 0. The SMILES string of the molecule is C.CCC1C(=O)C(=CC=CC=C2N(CCCS(=O)(=O)[O-])c3ccccc3C2(C)C)C(=O)C(CC)C1=S. The highest BCUT2D eigenvalue weighted by molar-refractivity contribution is 7.85. The van der Waals surface area contributed by atoms with Crippen molar-refractivity contribution in [2.75, 3.05) is 17.2 Å². The summed E-state index contributed by atoms with van der Waals surface area (Å²) in [6, 6.07) is 7.90. The molecule has 1 aliphatic heterocycles. The van der Waals surface area contributed by atoms with Gasteiger partial charge in [-0.05, 0) is 43.0 Å². The van der Waals surface area contributed by atoms with Crippen molar-refractivity contribution >= 4 is 44.5 Å². The van der Waals surface area contributed by atoms with Crippen LogP contribution in [0.5, 0.6) is 0 Å². The maximum atomic E-state index is 12.9. The van der Waals surface area contributed by atoms with Gasteiger partial charge in [-0.3, -0.25) is 9.59 Å². The third-order valence-electron chi connectivity index (χ3n) is 6.87. The Balaban J connectivity index is 0.00000456. The Morgan fingerprint density at radius 3 is 2.14 bits per heavy atom. The van der Waals surface area contributed by atoms with Gasteiger partial charge in [0.25, 0.3) is 0 Å². The van der Waals surface area contributed by atoms with Crippen molar-refractivity contribution in [2.45, 2.75) is 59.8 Å². The Hall–Kier alpha value is -2.42. The van der Waals surface area contributed by atoms with Crippen LogP contribution in [0.4, 0.5) is 5.69 Å². The molecule has 0 aromatic heterocycles. The van der Waals surface area contributed by atoms with E-state index in [2.05, 4.69) is 13.8 Å². The minimum atomic E-state index is -4.29. The number of allylic oxidation sites excluding steroid dienone is 6. The number of Topliss-reactive ketones (excluding diaryl/α,β-unsaturated/α-hetero) is 2. The van der Waals surface area contributed by atoms with Gasteiger partial charge in [-0.2, -0.15) is 0 Å². The van der Waals surface area contributed by atoms with E-state index in [-0.39, 0.29) is 36.4 Å². The van der Waals surface area contributed by atoms with Crippen LogP contribution in [0, 0.1) is 11.8 Å². The summed E-state index contributed by atoms with van der Waals surface area (Å²) in [6.07, 6.45) is 8.35. The molecule has 1 aliphatic carbocycles. The van der Waals surface area contributed by atoms with E-state index in [0.29, 0.717) is 24.3 Å². The highest BCUT2D eigenvalue weighted by Gasteiger charge is 2.41. The molecule has 196 valence electrons. The number of carbonyl (C=O) groups is 2. The molecule has 0 amide bonds. The molecule has 0 N–H and O–H groups in total. The number of fused-ring (bicyclic) bond motifs is 1. The first-order valence-corrected chi connectivity index (χ1v) is 13.9. The van der Waals surface area contributed by atoms with E-state index in [4.69, 9.17) is 12.2 Å². The van der Waals surface area contributed by atoms with Crippen LogP contribution in [0.25, 0.3) is 0 Å². The molecule has 0 spiro atoms. The molecule has 36 heavy (non-hydrogen) atoms. The van der Waals surface area contributed by atoms with Crippen LogP contribution in [-0.4, -0.2) is 41.7 Å². The minimum absolute atomic E-state index is 0. The van der Waals surface area contributed by atoms with Crippen LogP contribution in [0.15, 0.2) is 59.8 Å². The maximum Gasteiger partial charge on any atom is 0.174 e. The Morgan fingerprint density at radius 2 is 1.58 bits per heavy atom. The predicted octanol–water partition coefficient (Wildman–Crippen LogP) is 5.30. The normalized spacial score (nSPS) is 22.8. The Bertz CT molecular complexity index is 1200. The molecule has 1 heterocycles. The average molecular weight is 531 g/mol. The highest BCUT2D eigenvalue weighted by atomic mass is 32.2. The number of rotatable bonds is 8. The molecule has 2 atom stereocenters. The lowest BCUT2D eigenvalue weighted by atomic mass is 9.74. The molecule has 0 radical (unpaired) electrons. The summed E-state index contributed by atoms with van der Waals surface area (Å²) in [5.74, 6) is -1.65. The molecule has 6 nitrogen and oxygen atoms in total. The second-order valence-electron chi connectivity index (χ2n) is 9.48. The standard InChI is InChI=1S/C27H33NO5S2.CH4/c1-5-18-24(29)20(25(30)19(6-2)26(18)34)12-7-10-15-23-27(3,4)21-13-8-9-14-22(21)28(23)16-11-17-35(31,32)33;/h7-10,12-15,18-19H,5-6,11,16-17H2,1-4H3,(H,31,32,33);1H4/p-1. The van der Waals surface area contributed by atoms with Crippen LogP contribution < -0.4 is 4.90 Å². The Labute approximate surface area is 220 Å². The van der Waals surface area contributed by atoms with E-state index >= 15 is 0 Å². The molecule has 3 rings (SSSR count). The van der Waals surface area contributed by atoms with Gasteiger partial charge in [0.1, 0.15) is 0 Å². The number of para-hydroxylation sites is 1. The number of hydrogen-bond acceptors (Lipinski definition) is 7. The van der Waals surface area contributed by atoms with Crippen LogP contribution in [0.3, 0.4) is 0 Å². The first-order valence-electron chi connectivity index (χ1n) is 12.0. The van der Waals surface area contributed by atoms with Crippen LogP contribution in [-0.2, 0) is 25.1 Å². The molecule has 1 aromatic rings. The van der Waals surface area contributed by atoms with Crippen molar-refractivity contribution in [3.8, 4) is 0 Å². The lowest BCUT2D eigenvalue weighted by Crippen LogP contribution is -2.41. The quantitative estimate of drug-likeness (QED) is 0.195. The first-order chi connectivity index (χ1) is 16.4. The summed E-state index contributed by atoms with van der Waals surface area (Å²) in [7, 11) is -4.29. The number of nitrogens with zero attached hydrogens (tertiary/aromatic N) is 1. The van der Waals surface area contributed by atoms with E-state index in [1.807, 2.05) is 49.1 Å². The Kier molecular flexibility index (Phi) is 9.73. The fourth-order valence-corrected chi connectivity index (χ4v) is 6.05. The fourth-order valence-electron chi connectivity index (χ4n) is 5.02. The molecule has 8 heteroatoms. The van der Waals surface area contributed by atoms with Gasteiger partial charge >= 0.3 is 0 Å². The van der Waals surface area contributed by atoms with Crippen molar-refractivity contribution in [3.05, 3.63) is 65.4 Å². The highest BCUT2D eigenvalue weighted by Crippen LogP contribution is 2.47. The molecule has 1 aromatic carbocycles. The zero-order chi connectivity index (χ0) is 26.0. The summed E-state index contributed by atoms with van der Waals surface area (Å²) >= 11 is 5.43.